The Balaban J connectivity index is 1.95. The van der Waals surface area contributed by atoms with Gasteiger partial charge in [-0.15, -0.1) is 0 Å². The molecule has 96 valence electrons. The molecule has 1 N–H and O–H groups in total. The summed E-state index contributed by atoms with van der Waals surface area (Å²) < 4.78 is 11.3. The molecule has 0 atom stereocenters. The number of hydrogen-bond acceptors (Lipinski definition) is 3. The predicted molar refractivity (Wildman–Crippen MR) is 77.5 cm³/mol. The quantitative estimate of drug-likeness (QED) is 0.689. The number of anilines is 1. The molecule has 7 heteroatoms. The summed E-state index contributed by atoms with van der Waals surface area (Å²) in [4.78, 5) is 12.2. The number of rotatable bonds is 2. The van der Waals surface area contributed by atoms with Crippen molar-refractivity contribution < 1.29 is 4.79 Å². The number of aromatic nitrogens is 3. The number of carbonyl (C=O) groups is 1. The Bertz CT molecular complexity index is 764. The van der Waals surface area contributed by atoms with Gasteiger partial charge >= 0.3 is 124 Å². The fraction of sp³-hybridized carbons (Fsp3) is 0.0833. The van der Waals surface area contributed by atoms with Gasteiger partial charge in [0, 0.05) is 0 Å². The van der Waals surface area contributed by atoms with Gasteiger partial charge in [0.1, 0.15) is 0 Å². The van der Waals surface area contributed by atoms with Crippen LogP contribution >= 0.6 is 15.9 Å². The topological polar surface area (TPSA) is 59.8 Å². The van der Waals surface area contributed by atoms with Crippen molar-refractivity contribution in [2.75, 3.05) is 5.32 Å². The minimum atomic E-state index is -0.156. The van der Waals surface area contributed by atoms with Crippen molar-refractivity contribution in [1.29, 1.82) is 0 Å². The molecule has 0 radical (unpaired) electrons. The number of benzene rings is 1. The number of amides is 1. The molecule has 0 aliphatic carbocycles. The van der Waals surface area contributed by atoms with Crippen LogP contribution in [0.25, 0.3) is 11.0 Å². The van der Waals surface area contributed by atoms with Crippen LogP contribution in [0.3, 0.4) is 0 Å². The SMILES string of the molecule is Cn1cc(Br)cc1C(=O)Nc1cccc2n[se]nc12. The number of nitrogens with one attached hydrogen (secondary N) is 1. The number of fused-ring (bicyclic) bond motifs is 1. The van der Waals surface area contributed by atoms with Gasteiger partial charge in [-0.3, -0.25) is 0 Å². The van der Waals surface area contributed by atoms with Crippen LogP contribution in [0.1, 0.15) is 10.5 Å². The van der Waals surface area contributed by atoms with Crippen molar-refractivity contribution in [2.45, 2.75) is 0 Å². The molecule has 3 aromatic rings. The van der Waals surface area contributed by atoms with Crippen molar-refractivity contribution in [1.82, 2.24) is 12.5 Å². The average Bonchev–Trinajstić information content (AvgIpc) is 2.96. The Labute approximate surface area is 124 Å². The Morgan fingerprint density at radius 3 is 3.00 bits per heavy atom. The fourth-order valence-electron chi connectivity index (χ4n) is 1.84. The van der Waals surface area contributed by atoms with Crippen LogP contribution in [0.2, 0.25) is 0 Å². The summed E-state index contributed by atoms with van der Waals surface area (Å²) in [5, 5.41) is 2.89. The molecule has 0 saturated heterocycles. The summed E-state index contributed by atoms with van der Waals surface area (Å²) in [6.45, 7) is 0. The Kier molecular flexibility index (Phi) is 3.26. The molecule has 19 heavy (non-hydrogen) atoms. The van der Waals surface area contributed by atoms with E-state index in [9.17, 15) is 4.79 Å². The summed E-state index contributed by atoms with van der Waals surface area (Å²) in [5.74, 6) is -0.156. The first kappa shape index (κ1) is 12.6. The predicted octanol–water partition coefficient (Wildman–Crippen LogP) is 2.04. The summed E-state index contributed by atoms with van der Waals surface area (Å²) in [7, 11) is 1.83. The molecule has 0 bridgehead atoms. The monoisotopic (exact) mass is 384 g/mol. The van der Waals surface area contributed by atoms with Crippen LogP contribution in [-0.2, 0) is 7.05 Å². The molecule has 1 amide bonds. The maximum absolute atomic E-state index is 12.2. The first-order valence-electron chi connectivity index (χ1n) is 5.49. The Hall–Kier alpha value is -1.43. The van der Waals surface area contributed by atoms with Gasteiger partial charge < -0.3 is 0 Å². The summed E-state index contributed by atoms with van der Waals surface area (Å²) in [6, 6.07) is 7.40. The molecule has 0 fully saturated rings. The fourth-order valence-corrected chi connectivity index (χ4v) is 3.52. The van der Waals surface area contributed by atoms with Crippen molar-refractivity contribution >= 4 is 53.5 Å². The molecule has 0 saturated carbocycles. The zero-order valence-electron chi connectivity index (χ0n) is 9.92. The van der Waals surface area contributed by atoms with Gasteiger partial charge in [0.25, 0.3) is 0 Å². The second-order valence-electron chi connectivity index (χ2n) is 4.05. The summed E-state index contributed by atoms with van der Waals surface area (Å²) in [5.41, 5.74) is 2.93. The van der Waals surface area contributed by atoms with Gasteiger partial charge in [-0.05, 0) is 0 Å². The van der Waals surface area contributed by atoms with Crippen LogP contribution in [-0.4, -0.2) is 33.4 Å². The molecule has 0 aliphatic heterocycles. The van der Waals surface area contributed by atoms with E-state index < -0.39 is 0 Å². The van der Waals surface area contributed by atoms with Gasteiger partial charge in [0.05, 0.1) is 0 Å². The number of nitrogens with zero attached hydrogens (tertiary/aromatic N) is 3. The zero-order valence-corrected chi connectivity index (χ0v) is 13.2. The standard InChI is InChI=1S/C12H9BrN4OSe/c1-17-6-7(13)5-10(17)12(18)14-8-3-2-4-9-11(8)16-19-15-9/h2-6H,1H3,(H,14,18). The number of hydrogen-bond donors (Lipinski definition) is 1. The minimum absolute atomic E-state index is 0.100. The van der Waals surface area contributed by atoms with Crippen LogP contribution in [0.4, 0.5) is 5.69 Å². The number of aryl methyl sites for hydroxylation is 1. The van der Waals surface area contributed by atoms with E-state index in [2.05, 4.69) is 29.2 Å². The second-order valence-corrected chi connectivity index (χ2v) is 6.07. The Morgan fingerprint density at radius 1 is 1.42 bits per heavy atom. The van der Waals surface area contributed by atoms with Crippen molar-refractivity contribution in [3.8, 4) is 0 Å². The van der Waals surface area contributed by atoms with E-state index in [1.807, 2.05) is 31.4 Å². The van der Waals surface area contributed by atoms with E-state index in [0.29, 0.717) is 11.4 Å². The Morgan fingerprint density at radius 2 is 2.26 bits per heavy atom. The molecule has 0 aliphatic rings. The molecule has 2 aromatic heterocycles. The van der Waals surface area contributed by atoms with E-state index in [1.54, 1.807) is 10.6 Å². The molecular weight excluding hydrogens is 375 g/mol. The third-order valence-electron chi connectivity index (χ3n) is 2.74. The van der Waals surface area contributed by atoms with E-state index in [4.69, 9.17) is 0 Å². The van der Waals surface area contributed by atoms with E-state index in [-0.39, 0.29) is 20.9 Å². The van der Waals surface area contributed by atoms with Gasteiger partial charge in [-0.25, -0.2) is 0 Å². The van der Waals surface area contributed by atoms with Gasteiger partial charge in [-0.2, -0.15) is 0 Å². The summed E-state index contributed by atoms with van der Waals surface area (Å²) >= 11 is 3.25. The molecule has 0 unspecified atom stereocenters. The van der Waals surface area contributed by atoms with Gasteiger partial charge in [0.2, 0.25) is 0 Å². The van der Waals surface area contributed by atoms with Crippen molar-refractivity contribution in [2.24, 2.45) is 7.05 Å². The van der Waals surface area contributed by atoms with Crippen LogP contribution in [0.15, 0.2) is 34.9 Å². The molecule has 0 spiro atoms. The molecule has 1 aromatic carbocycles. The second kappa shape index (κ2) is 4.92. The normalized spacial score (nSPS) is 10.8. The van der Waals surface area contributed by atoms with Crippen LogP contribution in [0, 0.1) is 0 Å². The van der Waals surface area contributed by atoms with Crippen LogP contribution < -0.4 is 5.32 Å². The molecule has 5 nitrogen and oxygen atoms in total. The number of carbonyl (C=O) groups excluding carboxylic acids is 1. The molecule has 3 rings (SSSR count). The van der Waals surface area contributed by atoms with E-state index in [1.165, 1.54) is 0 Å². The van der Waals surface area contributed by atoms with Gasteiger partial charge in [0.15, 0.2) is 0 Å². The van der Waals surface area contributed by atoms with Crippen molar-refractivity contribution in [3.63, 3.8) is 0 Å². The first-order valence-corrected chi connectivity index (χ1v) is 7.82. The maximum atomic E-state index is 12.2. The van der Waals surface area contributed by atoms with Crippen molar-refractivity contribution in [3.05, 3.63) is 40.6 Å². The molecular formula is C12H9BrN4OSe. The third-order valence-corrected chi connectivity index (χ3v) is 4.31. The molecule has 2 heterocycles. The average molecular weight is 384 g/mol. The number of halogens is 1. The van der Waals surface area contributed by atoms with Gasteiger partial charge in [-0.1, -0.05) is 0 Å². The van der Waals surface area contributed by atoms with Crippen LogP contribution in [0.5, 0.6) is 0 Å². The first-order chi connectivity index (χ1) is 9.15. The van der Waals surface area contributed by atoms with E-state index in [0.717, 1.165) is 15.5 Å². The zero-order chi connectivity index (χ0) is 13.4. The third kappa shape index (κ3) is 2.36. The summed E-state index contributed by atoms with van der Waals surface area (Å²) in [6.07, 6.45) is 1.84. The van der Waals surface area contributed by atoms with E-state index >= 15 is 0 Å².